The average Bonchev–Trinajstić information content (AvgIpc) is 3.49. The number of ether oxygens (including phenoxy) is 1. The van der Waals surface area contributed by atoms with Crippen molar-refractivity contribution >= 4 is 62.2 Å². The van der Waals surface area contributed by atoms with Gasteiger partial charge in [-0.15, -0.1) is 20.4 Å². The topological polar surface area (TPSA) is 125 Å². The molecule has 0 saturated heterocycles. The van der Waals surface area contributed by atoms with Gasteiger partial charge in [-0.2, -0.15) is 0 Å². The smallest absolute Gasteiger partial charge is 0.312 e. The third kappa shape index (κ3) is 5.65. The third-order valence-corrected chi connectivity index (χ3v) is 7.80. The number of nitrogens with zero attached hydrogens (tertiary/aromatic N) is 6. The quantitative estimate of drug-likeness (QED) is 0.199. The van der Waals surface area contributed by atoms with Crippen LogP contribution in [0.15, 0.2) is 59.8 Å². The second-order valence-corrected chi connectivity index (χ2v) is 10.6. The third-order valence-electron chi connectivity index (χ3n) is 5.75. The molecule has 0 aliphatic rings. The Hall–Kier alpha value is -3.90. The van der Waals surface area contributed by atoms with E-state index in [1.165, 1.54) is 11.8 Å². The summed E-state index contributed by atoms with van der Waals surface area (Å²) in [5, 5.41) is 21.3. The van der Waals surface area contributed by atoms with Crippen molar-refractivity contribution < 1.29 is 14.3 Å². The molecule has 0 aliphatic heterocycles. The fraction of sp³-hybridized carbons (Fsp3) is 0.269. The van der Waals surface area contributed by atoms with Gasteiger partial charge in [0.15, 0.2) is 5.65 Å². The van der Waals surface area contributed by atoms with Crippen LogP contribution in [0.2, 0.25) is 0 Å². The molecule has 194 valence electrons. The van der Waals surface area contributed by atoms with Crippen LogP contribution in [-0.4, -0.2) is 53.7 Å². The van der Waals surface area contributed by atoms with Crippen LogP contribution in [0.1, 0.15) is 30.8 Å². The molecule has 1 unspecified atom stereocenters. The molecule has 0 fully saturated rings. The van der Waals surface area contributed by atoms with E-state index in [1.807, 2.05) is 43.3 Å². The lowest BCUT2D eigenvalue weighted by molar-refractivity contribution is -0.142. The summed E-state index contributed by atoms with van der Waals surface area (Å²) in [4.78, 5) is 29.5. The van der Waals surface area contributed by atoms with Gasteiger partial charge in [-0.25, -0.2) is 4.98 Å². The number of para-hydroxylation sites is 1. The van der Waals surface area contributed by atoms with Gasteiger partial charge in [-0.05, 0) is 25.0 Å². The first-order chi connectivity index (χ1) is 18.6. The molecular weight excluding hydrogens is 522 g/mol. The van der Waals surface area contributed by atoms with Gasteiger partial charge in [0, 0.05) is 11.9 Å². The molecule has 2 aromatic carbocycles. The molecule has 38 heavy (non-hydrogen) atoms. The first-order valence-corrected chi connectivity index (χ1v) is 13.9. The van der Waals surface area contributed by atoms with Crippen LogP contribution in [0.25, 0.3) is 22.1 Å². The van der Waals surface area contributed by atoms with E-state index in [4.69, 9.17) is 9.72 Å². The Labute approximate surface area is 226 Å². The van der Waals surface area contributed by atoms with Crippen LogP contribution in [0.5, 0.6) is 0 Å². The number of benzene rings is 2. The van der Waals surface area contributed by atoms with Crippen molar-refractivity contribution in [3.63, 3.8) is 0 Å². The number of amides is 1. The Morgan fingerprint density at radius 3 is 2.61 bits per heavy atom. The summed E-state index contributed by atoms with van der Waals surface area (Å²) in [6, 6.07) is 18.2. The van der Waals surface area contributed by atoms with E-state index in [9.17, 15) is 9.59 Å². The zero-order valence-electron chi connectivity index (χ0n) is 20.8. The van der Waals surface area contributed by atoms with Crippen molar-refractivity contribution in [1.82, 2.24) is 29.9 Å². The number of thioether (sulfide) groups is 1. The maximum absolute atomic E-state index is 13.0. The number of esters is 1. The minimum atomic E-state index is -0.474. The van der Waals surface area contributed by atoms with Crippen molar-refractivity contribution in [2.45, 2.75) is 43.6 Å². The predicted molar refractivity (Wildman–Crippen MR) is 147 cm³/mol. The van der Waals surface area contributed by atoms with E-state index < -0.39 is 5.25 Å². The molecule has 5 aromatic rings. The molecule has 12 heteroatoms. The van der Waals surface area contributed by atoms with Crippen molar-refractivity contribution in [1.29, 1.82) is 0 Å². The monoisotopic (exact) mass is 547 g/mol. The lowest BCUT2D eigenvalue weighted by Gasteiger charge is -2.12. The molecule has 0 spiro atoms. The standard InChI is InChI=1S/C26H25N7O3S2/c1-3-19(24(35)28-26-31-29-20(38-26)14-21(34)36-4-2)37-25-27-23-22(30-32-25)17-12-8-9-13-18(17)33(23)15-16-10-6-5-7-11-16/h5-13,19H,3-4,14-15H2,1-2H3,(H,28,31,35). The van der Waals surface area contributed by atoms with E-state index in [1.54, 1.807) is 6.92 Å². The highest BCUT2D eigenvalue weighted by molar-refractivity contribution is 8.00. The van der Waals surface area contributed by atoms with E-state index in [0.717, 1.165) is 39.0 Å². The second-order valence-electron chi connectivity index (χ2n) is 8.34. The fourth-order valence-corrected chi connectivity index (χ4v) is 5.55. The minimum Gasteiger partial charge on any atom is -0.466 e. The molecule has 1 atom stereocenters. The maximum atomic E-state index is 13.0. The van der Waals surface area contributed by atoms with Crippen LogP contribution in [0, 0.1) is 0 Å². The van der Waals surface area contributed by atoms with Gasteiger partial charge in [0.2, 0.25) is 16.2 Å². The number of rotatable bonds is 10. The summed E-state index contributed by atoms with van der Waals surface area (Å²) in [5.74, 6) is -0.627. The van der Waals surface area contributed by atoms with Crippen molar-refractivity contribution in [2.75, 3.05) is 11.9 Å². The van der Waals surface area contributed by atoms with Gasteiger partial charge in [0.05, 0.1) is 23.8 Å². The summed E-state index contributed by atoms with van der Waals surface area (Å²) in [6.45, 7) is 4.59. The maximum Gasteiger partial charge on any atom is 0.312 e. The molecule has 0 saturated carbocycles. The molecule has 0 radical (unpaired) electrons. The van der Waals surface area contributed by atoms with Gasteiger partial charge in [-0.1, -0.05) is 78.6 Å². The van der Waals surface area contributed by atoms with E-state index >= 15 is 0 Å². The highest BCUT2D eigenvalue weighted by Crippen LogP contribution is 2.30. The van der Waals surface area contributed by atoms with Crippen LogP contribution in [-0.2, 0) is 27.3 Å². The Balaban J connectivity index is 1.36. The number of fused-ring (bicyclic) bond motifs is 3. The van der Waals surface area contributed by atoms with Crippen molar-refractivity contribution in [3.8, 4) is 0 Å². The average molecular weight is 548 g/mol. The van der Waals surface area contributed by atoms with Crippen LogP contribution >= 0.6 is 23.1 Å². The number of anilines is 1. The van der Waals surface area contributed by atoms with E-state index in [2.05, 4.69) is 48.5 Å². The second kappa shape index (κ2) is 11.7. The predicted octanol–water partition coefficient (Wildman–Crippen LogP) is 4.49. The molecule has 3 heterocycles. The number of carbonyl (C=O) groups is 2. The number of aromatic nitrogens is 6. The summed E-state index contributed by atoms with van der Waals surface area (Å²) in [7, 11) is 0. The fourth-order valence-electron chi connectivity index (χ4n) is 4.01. The lowest BCUT2D eigenvalue weighted by Crippen LogP contribution is -2.24. The van der Waals surface area contributed by atoms with Gasteiger partial charge in [0.1, 0.15) is 10.5 Å². The van der Waals surface area contributed by atoms with Gasteiger partial charge < -0.3 is 9.30 Å². The number of hydrogen-bond acceptors (Lipinski definition) is 10. The van der Waals surface area contributed by atoms with Crippen molar-refractivity contribution in [2.24, 2.45) is 0 Å². The largest absolute Gasteiger partial charge is 0.466 e. The van der Waals surface area contributed by atoms with Gasteiger partial charge >= 0.3 is 5.97 Å². The van der Waals surface area contributed by atoms with Crippen LogP contribution < -0.4 is 5.32 Å². The summed E-state index contributed by atoms with van der Waals surface area (Å²) >= 11 is 2.40. The first-order valence-electron chi connectivity index (χ1n) is 12.2. The minimum absolute atomic E-state index is 0.0177. The molecule has 0 aliphatic carbocycles. The lowest BCUT2D eigenvalue weighted by atomic mass is 10.2. The molecule has 1 N–H and O–H groups in total. The summed E-state index contributed by atoms with van der Waals surface area (Å²) in [6.07, 6.45) is 0.559. The number of carbonyl (C=O) groups excluding carboxylic acids is 2. The zero-order chi connectivity index (χ0) is 26.5. The first kappa shape index (κ1) is 25.7. The molecule has 0 bridgehead atoms. The van der Waals surface area contributed by atoms with Crippen LogP contribution in [0.3, 0.4) is 0 Å². The highest BCUT2D eigenvalue weighted by atomic mass is 32.2. The normalized spacial score (nSPS) is 12.1. The highest BCUT2D eigenvalue weighted by Gasteiger charge is 2.23. The van der Waals surface area contributed by atoms with Crippen molar-refractivity contribution in [3.05, 3.63) is 65.2 Å². The molecule has 3 aromatic heterocycles. The van der Waals surface area contributed by atoms with Gasteiger partial charge in [-0.3, -0.25) is 14.9 Å². The molecular formula is C26H25N7O3S2. The Bertz CT molecular complexity index is 1590. The molecule has 5 rings (SSSR count). The molecule has 1 amide bonds. The zero-order valence-corrected chi connectivity index (χ0v) is 22.5. The summed E-state index contributed by atoms with van der Waals surface area (Å²) in [5.41, 5.74) is 3.61. The summed E-state index contributed by atoms with van der Waals surface area (Å²) < 4.78 is 7.07. The molecule has 10 nitrogen and oxygen atoms in total. The van der Waals surface area contributed by atoms with Crippen LogP contribution in [0.4, 0.5) is 5.13 Å². The number of hydrogen-bond donors (Lipinski definition) is 1. The Morgan fingerprint density at radius 1 is 1.03 bits per heavy atom. The number of nitrogens with one attached hydrogen (secondary N) is 1. The SMILES string of the molecule is CCOC(=O)Cc1nnc(NC(=O)C(CC)Sc2nnc3c4ccccc4n(Cc4ccccc4)c3n2)s1. The Morgan fingerprint density at radius 2 is 1.82 bits per heavy atom. The van der Waals surface area contributed by atoms with Gasteiger partial charge in [0.25, 0.3) is 0 Å². The Kier molecular flexibility index (Phi) is 7.89. The van der Waals surface area contributed by atoms with E-state index in [0.29, 0.717) is 34.9 Å². The van der Waals surface area contributed by atoms with E-state index in [-0.39, 0.29) is 18.3 Å².